The van der Waals surface area contributed by atoms with Crippen molar-refractivity contribution in [2.75, 3.05) is 13.1 Å². The van der Waals surface area contributed by atoms with Crippen LogP contribution in [0.4, 0.5) is 4.79 Å². The molecule has 1 radical (unpaired) electrons. The minimum Gasteiger partial charge on any atom is -0.444 e. The van der Waals surface area contributed by atoms with E-state index in [9.17, 15) is 4.79 Å². The molecule has 3 heterocycles. The number of rotatable bonds is 2. The van der Waals surface area contributed by atoms with Crippen LogP contribution in [0.1, 0.15) is 45.1 Å². The van der Waals surface area contributed by atoms with Crippen molar-refractivity contribution in [2.45, 2.75) is 46.1 Å². The first-order valence-corrected chi connectivity index (χ1v) is 9.84. The average Bonchev–Trinajstić information content (AvgIpc) is 2.85. The van der Waals surface area contributed by atoms with E-state index in [1.54, 1.807) is 11.1 Å². The van der Waals surface area contributed by atoms with Crippen LogP contribution in [0.2, 0.25) is 5.15 Å². The van der Waals surface area contributed by atoms with Crippen molar-refractivity contribution in [1.82, 2.24) is 19.3 Å². The molecule has 0 saturated carbocycles. The van der Waals surface area contributed by atoms with E-state index < -0.39 is 5.60 Å². The molecule has 2 aromatic heterocycles. The molecule has 0 bridgehead atoms. The Morgan fingerprint density at radius 3 is 2.65 bits per heavy atom. The van der Waals surface area contributed by atoms with Crippen LogP contribution >= 0.6 is 27.5 Å². The van der Waals surface area contributed by atoms with Crippen molar-refractivity contribution in [1.29, 1.82) is 0 Å². The minimum atomic E-state index is -0.465. The van der Waals surface area contributed by atoms with Crippen molar-refractivity contribution < 1.29 is 9.53 Å². The molecule has 1 aliphatic heterocycles. The highest BCUT2D eigenvalue weighted by Gasteiger charge is 2.27. The molecule has 1 aliphatic rings. The molecule has 1 saturated heterocycles. The van der Waals surface area contributed by atoms with Gasteiger partial charge >= 0.3 is 6.09 Å². The van der Waals surface area contributed by atoms with Crippen molar-refractivity contribution >= 4 is 39.1 Å². The first-order valence-electron chi connectivity index (χ1n) is 8.67. The van der Waals surface area contributed by atoms with Gasteiger partial charge in [-0.3, -0.25) is 4.40 Å². The molecular formula is C18H23BrClN4O2. The monoisotopic (exact) mass is 441 g/mol. The summed E-state index contributed by atoms with van der Waals surface area (Å²) in [5, 5.41) is 0.425. The Bertz CT molecular complexity index is 823. The second kappa shape index (κ2) is 7.35. The molecule has 2 aromatic rings. The quantitative estimate of drug-likeness (QED) is 0.679. The smallest absolute Gasteiger partial charge is 0.410 e. The molecule has 0 unspecified atom stereocenters. The van der Waals surface area contributed by atoms with Crippen LogP contribution in [0.25, 0.3) is 5.52 Å². The van der Waals surface area contributed by atoms with Gasteiger partial charge in [-0.05, 0) is 62.4 Å². The van der Waals surface area contributed by atoms with Crippen LogP contribution < -0.4 is 0 Å². The highest BCUT2D eigenvalue weighted by molar-refractivity contribution is 9.10. The zero-order valence-electron chi connectivity index (χ0n) is 15.4. The molecule has 1 amide bonds. The Labute approximate surface area is 167 Å². The molecular weight excluding hydrogens is 420 g/mol. The number of ether oxygens (including phenoxy) is 1. The van der Waals surface area contributed by atoms with Gasteiger partial charge in [-0.1, -0.05) is 11.6 Å². The summed E-state index contributed by atoms with van der Waals surface area (Å²) in [6, 6.07) is 0. The second-order valence-electron chi connectivity index (χ2n) is 7.58. The molecule has 0 N–H and O–H groups in total. The number of hydrogen-bond acceptors (Lipinski definition) is 4. The Kier molecular flexibility index (Phi) is 5.49. The topological polar surface area (TPSA) is 59.7 Å². The van der Waals surface area contributed by atoms with Gasteiger partial charge in [-0.2, -0.15) is 0 Å². The van der Waals surface area contributed by atoms with E-state index >= 15 is 0 Å². The van der Waals surface area contributed by atoms with Gasteiger partial charge in [-0.15, -0.1) is 0 Å². The van der Waals surface area contributed by atoms with Gasteiger partial charge in [0.25, 0.3) is 0 Å². The number of carbonyl (C=O) groups excluding carboxylic acids is 1. The van der Waals surface area contributed by atoms with Gasteiger partial charge < -0.3 is 9.64 Å². The Morgan fingerprint density at radius 2 is 2.04 bits per heavy atom. The van der Waals surface area contributed by atoms with E-state index in [1.807, 2.05) is 32.1 Å². The van der Waals surface area contributed by atoms with Crippen molar-refractivity contribution in [3.05, 3.63) is 33.9 Å². The van der Waals surface area contributed by atoms with E-state index in [2.05, 4.69) is 32.3 Å². The maximum absolute atomic E-state index is 12.2. The number of amides is 1. The van der Waals surface area contributed by atoms with Gasteiger partial charge in [0.05, 0.1) is 0 Å². The second-order valence-corrected chi connectivity index (χ2v) is 8.69. The van der Waals surface area contributed by atoms with Crippen LogP contribution in [0.5, 0.6) is 0 Å². The lowest BCUT2D eigenvalue weighted by atomic mass is 9.92. The van der Waals surface area contributed by atoms with E-state index in [4.69, 9.17) is 16.3 Å². The molecule has 8 heteroatoms. The summed E-state index contributed by atoms with van der Waals surface area (Å²) in [5.41, 5.74) is 1.28. The summed E-state index contributed by atoms with van der Waals surface area (Å²) >= 11 is 9.67. The zero-order chi connectivity index (χ0) is 19.1. The van der Waals surface area contributed by atoms with Crippen LogP contribution in [0.15, 0.2) is 10.8 Å². The van der Waals surface area contributed by atoms with Crippen molar-refractivity contribution in [3.8, 4) is 0 Å². The van der Waals surface area contributed by atoms with Crippen LogP contribution in [-0.2, 0) is 4.74 Å². The van der Waals surface area contributed by atoms with Crippen molar-refractivity contribution in [2.24, 2.45) is 5.92 Å². The molecule has 0 aliphatic carbocycles. The van der Waals surface area contributed by atoms with Gasteiger partial charge in [0.15, 0.2) is 5.15 Å². The third-order valence-corrected chi connectivity index (χ3v) is 5.19. The number of imidazole rings is 1. The van der Waals surface area contributed by atoms with Crippen LogP contribution in [-0.4, -0.2) is 44.1 Å². The van der Waals surface area contributed by atoms with E-state index in [0.717, 1.165) is 29.9 Å². The lowest BCUT2D eigenvalue weighted by molar-refractivity contribution is 0.0194. The maximum atomic E-state index is 12.2. The Morgan fingerprint density at radius 1 is 1.38 bits per heavy atom. The number of halogens is 2. The van der Waals surface area contributed by atoms with Gasteiger partial charge in [0.1, 0.15) is 21.5 Å². The summed E-state index contributed by atoms with van der Waals surface area (Å²) in [6.07, 6.45) is 5.51. The standard InChI is InChI=1S/C18H23BrClN4O2/c1-11-22-15(19)14-16(20)21-10-13(24(11)14)9-12-5-7-23(8-6-12)17(25)26-18(2,3)4/h9-10,12H,5-8H2,1-4H3. The summed E-state index contributed by atoms with van der Waals surface area (Å²) in [4.78, 5) is 22.7. The normalized spacial score (nSPS) is 16.3. The Hall–Kier alpha value is -1.34. The third kappa shape index (κ3) is 4.14. The predicted molar refractivity (Wildman–Crippen MR) is 104 cm³/mol. The molecule has 1 fully saturated rings. The number of piperidine rings is 1. The fourth-order valence-corrected chi connectivity index (χ4v) is 4.13. The largest absolute Gasteiger partial charge is 0.444 e. The number of likely N-dealkylation sites (tertiary alicyclic amines) is 1. The van der Waals surface area contributed by atoms with Gasteiger partial charge in [0, 0.05) is 31.4 Å². The van der Waals surface area contributed by atoms with Crippen molar-refractivity contribution in [3.63, 3.8) is 0 Å². The number of aromatic nitrogens is 3. The number of fused-ring (bicyclic) bond motifs is 1. The summed E-state index contributed by atoms with van der Waals surface area (Å²) in [5.74, 6) is 1.22. The summed E-state index contributed by atoms with van der Waals surface area (Å²) in [7, 11) is 0. The summed E-state index contributed by atoms with van der Waals surface area (Å²) < 4.78 is 8.16. The highest BCUT2D eigenvalue weighted by Crippen LogP contribution is 2.30. The molecule has 6 nitrogen and oxygen atoms in total. The molecule has 0 atom stereocenters. The maximum Gasteiger partial charge on any atom is 0.410 e. The SMILES string of the molecule is Cc1nc(Br)c2c(Cl)ncc([CH]C3CCN(C(=O)OC(C)(C)C)CC3)n12. The fraction of sp³-hybridized carbons (Fsp3) is 0.556. The lowest BCUT2D eigenvalue weighted by Gasteiger charge is -2.33. The van der Waals surface area contributed by atoms with E-state index in [-0.39, 0.29) is 6.09 Å². The third-order valence-electron chi connectivity index (χ3n) is 4.36. The Balaban J connectivity index is 1.68. The number of nitrogens with zero attached hydrogens (tertiary/aromatic N) is 4. The first-order chi connectivity index (χ1) is 12.2. The van der Waals surface area contributed by atoms with E-state index in [1.165, 1.54) is 0 Å². The van der Waals surface area contributed by atoms with Gasteiger partial charge in [-0.25, -0.2) is 14.8 Å². The minimum absolute atomic E-state index is 0.235. The van der Waals surface area contributed by atoms with Crippen LogP contribution in [0, 0.1) is 19.3 Å². The first kappa shape index (κ1) is 19.4. The van der Waals surface area contributed by atoms with Gasteiger partial charge in [0.2, 0.25) is 0 Å². The molecule has 141 valence electrons. The number of carbonyl (C=O) groups is 1. The summed E-state index contributed by atoms with van der Waals surface area (Å²) in [6.45, 7) is 8.97. The number of hydrogen-bond donors (Lipinski definition) is 0. The highest BCUT2D eigenvalue weighted by atomic mass is 79.9. The average molecular weight is 443 g/mol. The molecule has 0 aromatic carbocycles. The number of aryl methyl sites for hydroxylation is 1. The zero-order valence-corrected chi connectivity index (χ0v) is 17.8. The lowest BCUT2D eigenvalue weighted by Crippen LogP contribution is -2.41. The van der Waals surface area contributed by atoms with Crippen LogP contribution in [0.3, 0.4) is 0 Å². The molecule has 0 spiro atoms. The fourth-order valence-electron chi connectivity index (χ4n) is 3.17. The molecule has 26 heavy (non-hydrogen) atoms. The molecule has 3 rings (SSSR count). The predicted octanol–water partition coefficient (Wildman–Crippen LogP) is 4.65. The van der Waals surface area contributed by atoms with E-state index in [0.29, 0.717) is 28.8 Å².